The minimum Gasteiger partial charge on any atom is -0.306 e. The van der Waals surface area contributed by atoms with Crippen molar-refractivity contribution in [2.24, 2.45) is 0 Å². The van der Waals surface area contributed by atoms with Crippen molar-refractivity contribution in [2.75, 3.05) is 5.32 Å². The Morgan fingerprint density at radius 3 is 2.85 bits per heavy atom. The Kier molecular flexibility index (Phi) is 4.40. The molecule has 1 N–H and O–H groups in total. The first-order valence-electron chi connectivity index (χ1n) is 7.67. The van der Waals surface area contributed by atoms with E-state index in [-0.39, 0.29) is 5.91 Å². The summed E-state index contributed by atoms with van der Waals surface area (Å²) in [4.78, 5) is 21.2. The molecule has 4 rings (SSSR count). The van der Waals surface area contributed by atoms with Gasteiger partial charge >= 0.3 is 0 Å². The monoisotopic (exact) mass is 402 g/mol. The minimum absolute atomic E-state index is 0.311. The molecular weight excluding hydrogens is 391 g/mol. The van der Waals surface area contributed by atoms with Crippen molar-refractivity contribution in [3.63, 3.8) is 0 Å². The maximum Gasteiger partial charge on any atom is 0.277 e. The van der Waals surface area contributed by atoms with Gasteiger partial charge in [0.2, 0.25) is 0 Å². The topological polar surface area (TPSA) is 59.3 Å². The van der Waals surface area contributed by atoms with Crippen molar-refractivity contribution >= 4 is 51.2 Å². The van der Waals surface area contributed by atoms with E-state index in [2.05, 4.69) is 15.3 Å². The highest BCUT2D eigenvalue weighted by Gasteiger charge is 2.14. The lowest BCUT2D eigenvalue weighted by Gasteiger charge is -2.01. The van der Waals surface area contributed by atoms with E-state index in [1.807, 2.05) is 35.0 Å². The Balaban J connectivity index is 1.57. The molecule has 1 aromatic carbocycles. The third-order valence-corrected chi connectivity index (χ3v) is 5.09. The first kappa shape index (κ1) is 17.0. The van der Waals surface area contributed by atoms with Crippen LogP contribution in [-0.2, 0) is 0 Å². The molecule has 0 aliphatic carbocycles. The lowest BCUT2D eigenvalue weighted by Crippen LogP contribution is -2.12. The molecule has 130 valence electrons. The second kappa shape index (κ2) is 6.72. The number of pyridine rings is 1. The Hall–Kier alpha value is -2.41. The average Bonchev–Trinajstić information content (AvgIpc) is 3.21. The summed E-state index contributed by atoms with van der Waals surface area (Å²) in [6, 6.07) is 9.09. The van der Waals surface area contributed by atoms with E-state index in [9.17, 15) is 4.79 Å². The van der Waals surface area contributed by atoms with Crippen molar-refractivity contribution in [3.8, 4) is 11.3 Å². The van der Waals surface area contributed by atoms with Gasteiger partial charge in [0.05, 0.1) is 10.7 Å². The summed E-state index contributed by atoms with van der Waals surface area (Å²) >= 11 is 13.5. The fourth-order valence-electron chi connectivity index (χ4n) is 2.51. The van der Waals surface area contributed by atoms with Crippen LogP contribution in [0.25, 0.3) is 16.9 Å². The number of nitrogens with zero attached hydrogens (tertiary/aromatic N) is 3. The van der Waals surface area contributed by atoms with Crippen LogP contribution in [0.3, 0.4) is 0 Å². The quantitative estimate of drug-likeness (QED) is 0.503. The number of amides is 1. The molecule has 5 nitrogen and oxygen atoms in total. The summed E-state index contributed by atoms with van der Waals surface area (Å²) in [7, 11) is 0. The normalized spacial score (nSPS) is 11.0. The smallest absolute Gasteiger partial charge is 0.277 e. The number of aromatic nitrogens is 3. The summed E-state index contributed by atoms with van der Waals surface area (Å²) in [6.07, 6.45) is 3.56. The van der Waals surface area contributed by atoms with Crippen molar-refractivity contribution in [1.82, 2.24) is 14.4 Å². The van der Waals surface area contributed by atoms with Gasteiger partial charge in [0.1, 0.15) is 11.3 Å². The fraction of sp³-hybridized carbons (Fsp3) is 0.0556. The molecule has 8 heteroatoms. The molecule has 3 aromatic heterocycles. The maximum atomic E-state index is 12.5. The highest BCUT2D eigenvalue weighted by atomic mass is 35.5. The number of imidazole rings is 1. The van der Waals surface area contributed by atoms with Gasteiger partial charge in [0.25, 0.3) is 5.91 Å². The van der Waals surface area contributed by atoms with Gasteiger partial charge in [-0.3, -0.25) is 10.1 Å². The lowest BCUT2D eigenvalue weighted by molar-refractivity contribution is 0.102. The second-order valence-electron chi connectivity index (χ2n) is 5.71. The molecule has 0 aliphatic rings. The molecule has 0 bridgehead atoms. The predicted octanol–water partition coefficient (Wildman–Crippen LogP) is 5.33. The van der Waals surface area contributed by atoms with Gasteiger partial charge in [0, 0.05) is 28.4 Å². The highest BCUT2D eigenvalue weighted by molar-refractivity contribution is 7.14. The molecule has 1 amide bonds. The molecule has 0 spiro atoms. The number of fused-ring (bicyclic) bond motifs is 1. The van der Waals surface area contributed by atoms with E-state index in [0.717, 1.165) is 16.8 Å². The number of thiazole rings is 1. The first-order chi connectivity index (χ1) is 12.5. The van der Waals surface area contributed by atoms with Crippen LogP contribution in [0, 0.1) is 6.92 Å². The van der Waals surface area contributed by atoms with Crippen LogP contribution in [0.1, 0.15) is 16.1 Å². The van der Waals surface area contributed by atoms with Gasteiger partial charge in [-0.1, -0.05) is 23.2 Å². The average molecular weight is 403 g/mol. The molecule has 3 heterocycles. The minimum atomic E-state index is -0.311. The molecule has 0 atom stereocenters. The number of carbonyl (C=O) groups excluding carboxylic acids is 1. The molecule has 0 aliphatic heterocycles. The summed E-state index contributed by atoms with van der Waals surface area (Å²) < 4.78 is 1.81. The molecule has 0 saturated carbocycles. The highest BCUT2D eigenvalue weighted by Crippen LogP contribution is 2.32. The van der Waals surface area contributed by atoms with Gasteiger partial charge in [0.15, 0.2) is 5.13 Å². The van der Waals surface area contributed by atoms with Crippen LogP contribution >= 0.6 is 34.5 Å². The van der Waals surface area contributed by atoms with Gasteiger partial charge in [-0.2, -0.15) is 0 Å². The zero-order valence-electron chi connectivity index (χ0n) is 13.5. The van der Waals surface area contributed by atoms with Gasteiger partial charge in [-0.25, -0.2) is 9.97 Å². The van der Waals surface area contributed by atoms with E-state index in [1.54, 1.807) is 24.4 Å². The largest absolute Gasteiger partial charge is 0.306 e. The number of aryl methyl sites for hydroxylation is 1. The maximum absolute atomic E-state index is 12.5. The number of carbonyl (C=O) groups is 1. The number of hydrogen-bond acceptors (Lipinski definition) is 4. The van der Waals surface area contributed by atoms with E-state index < -0.39 is 0 Å². The van der Waals surface area contributed by atoms with Crippen molar-refractivity contribution < 1.29 is 4.79 Å². The number of benzene rings is 1. The fourth-order valence-corrected chi connectivity index (χ4v) is 3.72. The van der Waals surface area contributed by atoms with E-state index >= 15 is 0 Å². The van der Waals surface area contributed by atoms with Crippen LogP contribution in [-0.4, -0.2) is 20.3 Å². The molecule has 0 fully saturated rings. The van der Waals surface area contributed by atoms with E-state index in [4.69, 9.17) is 23.2 Å². The molecule has 0 saturated heterocycles. The summed E-state index contributed by atoms with van der Waals surface area (Å²) in [5.74, 6) is -0.311. The molecular formula is C18H12Cl2N4OS. The number of halogens is 2. The number of anilines is 1. The summed E-state index contributed by atoms with van der Waals surface area (Å²) in [5, 5.41) is 6.16. The van der Waals surface area contributed by atoms with Crippen LogP contribution < -0.4 is 5.32 Å². The third kappa shape index (κ3) is 3.31. The summed E-state index contributed by atoms with van der Waals surface area (Å²) in [6.45, 7) is 1.98. The Morgan fingerprint density at radius 2 is 2.04 bits per heavy atom. The Morgan fingerprint density at radius 1 is 1.19 bits per heavy atom. The van der Waals surface area contributed by atoms with Gasteiger partial charge in [-0.05, 0) is 42.8 Å². The molecule has 26 heavy (non-hydrogen) atoms. The van der Waals surface area contributed by atoms with Crippen molar-refractivity contribution in [2.45, 2.75) is 6.92 Å². The zero-order valence-corrected chi connectivity index (χ0v) is 15.9. The van der Waals surface area contributed by atoms with Crippen LogP contribution in [0.5, 0.6) is 0 Å². The lowest BCUT2D eigenvalue weighted by atomic mass is 10.2. The van der Waals surface area contributed by atoms with Gasteiger partial charge < -0.3 is 4.40 Å². The zero-order chi connectivity index (χ0) is 18.3. The Labute approximate surface area is 163 Å². The molecule has 0 unspecified atom stereocenters. The van der Waals surface area contributed by atoms with E-state index in [0.29, 0.717) is 26.6 Å². The first-order valence-corrected chi connectivity index (χ1v) is 9.31. The van der Waals surface area contributed by atoms with Crippen LogP contribution in [0.2, 0.25) is 10.0 Å². The van der Waals surface area contributed by atoms with Gasteiger partial charge in [-0.15, -0.1) is 11.3 Å². The van der Waals surface area contributed by atoms with E-state index in [1.165, 1.54) is 11.3 Å². The standard InChI is InChI=1S/C18H12Cl2N4OS/c1-10-4-5-24-8-14(21-16(24)6-10)17(25)23-18-22-15(9-26-18)12-3-2-11(19)7-13(12)20/h2-9H,1H3,(H,22,23,25). The molecule has 4 aromatic rings. The SMILES string of the molecule is Cc1ccn2cc(C(=O)Nc3nc(-c4ccc(Cl)cc4Cl)cs3)nc2c1. The van der Waals surface area contributed by atoms with Crippen molar-refractivity contribution in [3.05, 3.63) is 69.4 Å². The van der Waals surface area contributed by atoms with Crippen LogP contribution in [0.4, 0.5) is 5.13 Å². The van der Waals surface area contributed by atoms with Crippen molar-refractivity contribution in [1.29, 1.82) is 0 Å². The van der Waals surface area contributed by atoms with Crippen LogP contribution in [0.15, 0.2) is 48.1 Å². The molecule has 0 radical (unpaired) electrons. The summed E-state index contributed by atoms with van der Waals surface area (Å²) in [5.41, 5.74) is 3.58. The second-order valence-corrected chi connectivity index (χ2v) is 7.41. The number of hydrogen-bond donors (Lipinski definition) is 1. The predicted molar refractivity (Wildman–Crippen MR) is 105 cm³/mol. The Bertz CT molecular complexity index is 1140. The number of rotatable bonds is 3. The third-order valence-electron chi connectivity index (χ3n) is 3.78. The number of nitrogens with one attached hydrogen (secondary N) is 1.